The monoisotopic (exact) mass is 944 g/mol. The van der Waals surface area contributed by atoms with Crippen LogP contribution in [0.2, 0.25) is 0 Å². The van der Waals surface area contributed by atoms with Crippen molar-refractivity contribution in [2.45, 2.75) is 0 Å². The Kier molecular flexibility index (Phi) is 10.5. The van der Waals surface area contributed by atoms with Gasteiger partial charge in [-0.2, -0.15) is 0 Å². The van der Waals surface area contributed by atoms with Crippen molar-refractivity contribution in [2.75, 3.05) is 9.80 Å². The molecule has 348 valence electrons. The van der Waals surface area contributed by atoms with Crippen molar-refractivity contribution >= 4 is 88.5 Å². The first-order chi connectivity index (χ1) is 36.7. The second-order valence-electron chi connectivity index (χ2n) is 18.9. The topological polar surface area (TPSA) is 16.3 Å². The van der Waals surface area contributed by atoms with E-state index in [1.165, 1.54) is 65.6 Å². The van der Waals surface area contributed by atoms with Crippen LogP contribution in [0.25, 0.3) is 88.0 Å². The van der Waals surface area contributed by atoms with Crippen molar-refractivity contribution in [1.29, 1.82) is 0 Å². The molecule has 0 amide bonds. The molecule has 0 atom stereocenters. The van der Waals surface area contributed by atoms with Gasteiger partial charge in [0.25, 0.3) is 0 Å². The maximum absolute atomic E-state index is 2.42. The number of benzene rings is 12. The third-order valence-electron chi connectivity index (χ3n) is 14.7. The van der Waals surface area contributed by atoms with Crippen LogP contribution < -0.4 is 9.80 Å². The zero-order valence-corrected chi connectivity index (χ0v) is 40.5. The highest BCUT2D eigenvalue weighted by Gasteiger charge is 2.20. The molecule has 0 aliphatic heterocycles. The number of fused-ring (bicyclic) bond motifs is 7. The predicted molar refractivity (Wildman–Crippen MR) is 313 cm³/mol. The van der Waals surface area contributed by atoms with Gasteiger partial charge in [-0.1, -0.05) is 182 Å². The molecule has 14 rings (SSSR count). The number of rotatable bonds is 10. The quantitative estimate of drug-likeness (QED) is 0.136. The van der Waals surface area contributed by atoms with E-state index in [-0.39, 0.29) is 0 Å². The van der Waals surface area contributed by atoms with Gasteiger partial charge in [0.2, 0.25) is 0 Å². The van der Waals surface area contributed by atoms with E-state index in [1.807, 2.05) is 0 Å². The minimum absolute atomic E-state index is 1.10. The van der Waals surface area contributed by atoms with E-state index in [4.69, 9.17) is 0 Å². The van der Waals surface area contributed by atoms with Crippen molar-refractivity contribution in [3.63, 3.8) is 0 Å². The lowest BCUT2D eigenvalue weighted by Gasteiger charge is -2.25. The molecule has 0 bridgehead atoms. The van der Waals surface area contributed by atoms with E-state index >= 15 is 0 Å². The fourth-order valence-corrected chi connectivity index (χ4v) is 11.3. The summed E-state index contributed by atoms with van der Waals surface area (Å²) in [5.74, 6) is 0. The molecule has 4 nitrogen and oxygen atoms in total. The van der Waals surface area contributed by atoms with Crippen LogP contribution in [0.3, 0.4) is 0 Å². The summed E-state index contributed by atoms with van der Waals surface area (Å²) >= 11 is 0. The molecule has 0 spiro atoms. The van der Waals surface area contributed by atoms with Gasteiger partial charge in [-0.15, -0.1) is 0 Å². The van der Waals surface area contributed by atoms with Gasteiger partial charge in [0.1, 0.15) is 0 Å². The molecule has 0 unspecified atom stereocenters. The maximum Gasteiger partial charge on any atom is 0.0561 e. The summed E-state index contributed by atoms with van der Waals surface area (Å²) in [6, 6.07) is 105. The highest BCUT2D eigenvalue weighted by molar-refractivity contribution is 6.12. The molecule has 0 fully saturated rings. The average molecular weight is 945 g/mol. The molecule has 74 heavy (non-hydrogen) atoms. The van der Waals surface area contributed by atoms with E-state index in [2.05, 4.69) is 310 Å². The highest BCUT2D eigenvalue weighted by atomic mass is 15.2. The second kappa shape index (κ2) is 18.1. The first-order valence-corrected chi connectivity index (χ1v) is 25.3. The van der Waals surface area contributed by atoms with Gasteiger partial charge in [-0.25, -0.2) is 0 Å². The van der Waals surface area contributed by atoms with Gasteiger partial charge in [-0.3, -0.25) is 0 Å². The van der Waals surface area contributed by atoms with Crippen LogP contribution in [-0.4, -0.2) is 9.13 Å². The molecule has 4 heteroatoms. The van der Waals surface area contributed by atoms with Crippen LogP contribution in [0.15, 0.2) is 291 Å². The Labute approximate surface area is 430 Å². The summed E-state index contributed by atoms with van der Waals surface area (Å²) < 4.78 is 4.83. The van der Waals surface area contributed by atoms with Gasteiger partial charge in [-0.05, 0) is 142 Å². The molecule has 0 saturated heterocycles. The fourth-order valence-electron chi connectivity index (χ4n) is 11.3. The molecule has 2 aromatic heterocycles. The van der Waals surface area contributed by atoms with Gasteiger partial charge < -0.3 is 18.9 Å². The lowest BCUT2D eigenvalue weighted by Crippen LogP contribution is -2.09. The van der Waals surface area contributed by atoms with Crippen LogP contribution in [0, 0.1) is 0 Å². The van der Waals surface area contributed by atoms with Crippen LogP contribution >= 0.6 is 0 Å². The van der Waals surface area contributed by atoms with E-state index < -0.39 is 0 Å². The summed E-state index contributed by atoms with van der Waals surface area (Å²) in [6.07, 6.45) is 0. The Hall–Kier alpha value is -9.90. The van der Waals surface area contributed by atoms with Crippen LogP contribution in [0.1, 0.15) is 0 Å². The van der Waals surface area contributed by atoms with E-state index in [0.717, 1.165) is 56.5 Å². The highest BCUT2D eigenvalue weighted by Crippen LogP contribution is 2.43. The Balaban J connectivity index is 0.824. The Morgan fingerprint density at radius 1 is 0.203 bits per heavy atom. The summed E-state index contributed by atoms with van der Waals surface area (Å²) in [5, 5.41) is 7.36. The number of hydrogen-bond donors (Lipinski definition) is 0. The largest absolute Gasteiger partial charge is 0.310 e. The molecular weight excluding hydrogens is 897 g/mol. The molecule has 12 aromatic carbocycles. The van der Waals surface area contributed by atoms with Crippen molar-refractivity contribution < 1.29 is 0 Å². The third kappa shape index (κ3) is 7.31. The fraction of sp³-hybridized carbons (Fsp3) is 0. The zero-order valence-electron chi connectivity index (χ0n) is 40.5. The maximum atomic E-state index is 2.42. The van der Waals surface area contributed by atoms with Gasteiger partial charge in [0.05, 0.1) is 22.1 Å². The lowest BCUT2D eigenvalue weighted by molar-refractivity contribution is 1.18. The molecule has 0 aliphatic rings. The van der Waals surface area contributed by atoms with E-state index in [9.17, 15) is 0 Å². The molecule has 14 aromatic rings. The molecule has 0 aliphatic carbocycles. The van der Waals surface area contributed by atoms with Crippen molar-refractivity contribution in [1.82, 2.24) is 9.13 Å². The number of nitrogens with zero attached hydrogens (tertiary/aromatic N) is 4. The Morgan fingerprint density at radius 3 is 0.851 bits per heavy atom. The Morgan fingerprint density at radius 2 is 0.500 bits per heavy atom. The van der Waals surface area contributed by atoms with Crippen LogP contribution in [0.4, 0.5) is 34.1 Å². The number of anilines is 6. The summed E-state index contributed by atoms with van der Waals surface area (Å²) in [5.41, 5.74) is 18.4. The molecule has 2 heterocycles. The normalized spacial score (nSPS) is 11.5. The predicted octanol–water partition coefficient (Wildman–Crippen LogP) is 19.3. The minimum atomic E-state index is 1.10. The smallest absolute Gasteiger partial charge is 0.0561 e. The molecular formula is C70H48N4. The molecule has 0 N–H and O–H groups in total. The zero-order chi connectivity index (χ0) is 49.0. The number of aromatic nitrogens is 2. The van der Waals surface area contributed by atoms with Crippen LogP contribution in [-0.2, 0) is 0 Å². The van der Waals surface area contributed by atoms with Crippen molar-refractivity contribution in [2.24, 2.45) is 0 Å². The third-order valence-corrected chi connectivity index (χ3v) is 14.7. The minimum Gasteiger partial charge on any atom is -0.310 e. The van der Waals surface area contributed by atoms with E-state index in [0.29, 0.717) is 0 Å². The average Bonchev–Trinajstić information content (AvgIpc) is 3.99. The lowest BCUT2D eigenvalue weighted by atomic mass is 9.92. The van der Waals surface area contributed by atoms with Gasteiger partial charge >= 0.3 is 0 Å². The SMILES string of the molecule is c1ccc(N(c2ccccc2)c2ccc3c4ccccc4n(-c4ccc(-c5ccc(-c6ccc(-n7c8ccccc8c8ccc(N(c9ccccc9)c9ccccc9)cc87)cc6)c6ccccc56)cc4)c3c2)cc1. The van der Waals surface area contributed by atoms with Crippen molar-refractivity contribution in [3.8, 4) is 33.6 Å². The first kappa shape index (κ1) is 42.9. The molecule has 0 radical (unpaired) electrons. The molecule has 0 saturated carbocycles. The summed E-state index contributed by atoms with van der Waals surface area (Å²) in [6.45, 7) is 0. The van der Waals surface area contributed by atoms with Gasteiger partial charge in [0, 0.05) is 67.0 Å². The first-order valence-electron chi connectivity index (χ1n) is 25.3. The van der Waals surface area contributed by atoms with E-state index in [1.54, 1.807) is 0 Å². The standard InChI is InChI=1S/C70H48N4/c1-5-19-51(20-6-1)71(52-21-7-2-8-22-52)57-41-43-65-63-29-15-17-31-67(63)73(69(65)47-57)55-37-33-49(34-38-55)59-45-46-60(62-28-14-13-27-61(59)62)50-35-39-56(40-36-50)74-68-32-18-16-30-64(68)66-44-42-58(48-70(66)74)72(53-23-9-3-10-24-53)54-25-11-4-12-26-54/h1-48H. The number of hydrogen-bond acceptors (Lipinski definition) is 2. The Bertz CT molecular complexity index is 3970. The summed E-state index contributed by atoms with van der Waals surface area (Å²) in [7, 11) is 0. The summed E-state index contributed by atoms with van der Waals surface area (Å²) in [4.78, 5) is 4.67. The number of para-hydroxylation sites is 6. The van der Waals surface area contributed by atoms with Crippen LogP contribution in [0.5, 0.6) is 0 Å². The second-order valence-corrected chi connectivity index (χ2v) is 18.9. The van der Waals surface area contributed by atoms with Crippen molar-refractivity contribution in [3.05, 3.63) is 291 Å². The van der Waals surface area contributed by atoms with Gasteiger partial charge in [0.15, 0.2) is 0 Å².